The average molecular weight is 214 g/mol. The van der Waals surface area contributed by atoms with Crippen molar-refractivity contribution in [1.29, 1.82) is 0 Å². The molecule has 0 atom stereocenters. The lowest BCUT2D eigenvalue weighted by Gasteiger charge is -2.08. The van der Waals surface area contributed by atoms with E-state index in [9.17, 15) is 0 Å². The second-order valence-corrected chi connectivity index (χ2v) is 3.48. The van der Waals surface area contributed by atoms with Gasteiger partial charge in [-0.2, -0.15) is 0 Å². The molecule has 0 unspecified atom stereocenters. The van der Waals surface area contributed by atoms with Gasteiger partial charge in [-0.05, 0) is 36.0 Å². The molecule has 0 heterocycles. The Bertz CT molecular complexity index is 591. The SMILES string of the molecule is [2H]C([2H])([2H])/C(=C(\c1ccccc1)C([2H])([2H])[2H])c1ccccc1. The standard InChI is InChI=1S/C16H16/c1-13(15-9-5-3-6-10-15)14(2)16-11-7-4-8-12-16/h3-12H,1-2H3/b14-13+/i1D3,2D3. The maximum absolute atomic E-state index is 7.81. The van der Waals surface area contributed by atoms with Gasteiger partial charge in [0.25, 0.3) is 0 Å². The highest BCUT2D eigenvalue weighted by molar-refractivity contribution is 5.88. The van der Waals surface area contributed by atoms with Crippen LogP contribution in [0.4, 0.5) is 0 Å². The molecule has 0 aliphatic carbocycles. The van der Waals surface area contributed by atoms with E-state index in [1.165, 1.54) is 0 Å². The molecule has 2 aromatic carbocycles. The van der Waals surface area contributed by atoms with Crippen molar-refractivity contribution in [2.45, 2.75) is 13.7 Å². The smallest absolute Gasteiger partial charge is 0.0280 e. The van der Waals surface area contributed by atoms with Crippen molar-refractivity contribution < 1.29 is 8.22 Å². The maximum atomic E-state index is 7.81. The third kappa shape index (κ3) is 2.22. The van der Waals surface area contributed by atoms with Crippen LogP contribution in [0.25, 0.3) is 11.1 Å². The maximum Gasteiger partial charge on any atom is 0.0280 e. The Kier molecular flexibility index (Phi) is 1.65. The van der Waals surface area contributed by atoms with E-state index in [0.29, 0.717) is 11.1 Å². The first-order valence-corrected chi connectivity index (χ1v) is 5.07. The summed E-state index contributed by atoms with van der Waals surface area (Å²) in [6.07, 6.45) is 0. The lowest BCUT2D eigenvalue weighted by molar-refractivity contribution is 1.51. The highest BCUT2D eigenvalue weighted by atomic mass is 14.1. The van der Waals surface area contributed by atoms with Crippen LogP contribution in [0, 0.1) is 0 Å². The molecule has 0 saturated heterocycles. The van der Waals surface area contributed by atoms with Crippen LogP contribution in [-0.2, 0) is 0 Å². The van der Waals surface area contributed by atoms with Crippen molar-refractivity contribution in [3.63, 3.8) is 0 Å². The lowest BCUT2D eigenvalue weighted by atomic mass is 9.97. The van der Waals surface area contributed by atoms with Gasteiger partial charge in [-0.1, -0.05) is 60.7 Å². The quantitative estimate of drug-likeness (QED) is 0.639. The molecule has 0 bridgehead atoms. The van der Waals surface area contributed by atoms with E-state index in [2.05, 4.69) is 0 Å². The van der Waals surface area contributed by atoms with Crippen LogP contribution < -0.4 is 0 Å². The molecule has 0 spiro atoms. The second-order valence-electron chi connectivity index (χ2n) is 3.48. The highest BCUT2D eigenvalue weighted by Gasteiger charge is 2.01. The van der Waals surface area contributed by atoms with Crippen molar-refractivity contribution >= 4 is 11.1 Å². The molecule has 2 aromatic rings. The predicted octanol–water partition coefficient (Wildman–Crippen LogP) is 4.64. The minimum atomic E-state index is -2.53. The fourth-order valence-corrected chi connectivity index (χ4v) is 1.50. The Morgan fingerprint density at radius 1 is 0.688 bits per heavy atom. The van der Waals surface area contributed by atoms with E-state index in [1.807, 2.05) is 0 Å². The monoisotopic (exact) mass is 214 g/mol. The summed E-state index contributed by atoms with van der Waals surface area (Å²) in [4.78, 5) is 0. The van der Waals surface area contributed by atoms with Crippen LogP contribution >= 0.6 is 0 Å². The number of benzene rings is 2. The van der Waals surface area contributed by atoms with E-state index < -0.39 is 13.7 Å². The molecule has 0 radical (unpaired) electrons. The lowest BCUT2D eigenvalue weighted by Crippen LogP contribution is -1.85. The van der Waals surface area contributed by atoms with Crippen molar-refractivity contribution in [2.75, 3.05) is 0 Å². The van der Waals surface area contributed by atoms with Crippen LogP contribution in [-0.4, -0.2) is 0 Å². The summed E-state index contributed by atoms with van der Waals surface area (Å²) in [5, 5.41) is 0. The van der Waals surface area contributed by atoms with E-state index in [1.54, 1.807) is 60.7 Å². The first-order chi connectivity index (χ1) is 10.2. The average Bonchev–Trinajstić information content (AvgIpc) is 2.44. The van der Waals surface area contributed by atoms with Gasteiger partial charge in [0.05, 0.1) is 0 Å². The Balaban J connectivity index is 2.84. The van der Waals surface area contributed by atoms with E-state index in [0.717, 1.165) is 0 Å². The van der Waals surface area contributed by atoms with E-state index >= 15 is 0 Å². The third-order valence-electron chi connectivity index (χ3n) is 2.37. The second kappa shape index (κ2) is 4.80. The van der Waals surface area contributed by atoms with Crippen LogP contribution in [0.2, 0.25) is 0 Å². The molecule has 0 aliphatic rings. The summed E-state index contributed by atoms with van der Waals surface area (Å²) in [5.74, 6) is 0. The van der Waals surface area contributed by atoms with Gasteiger partial charge in [0.15, 0.2) is 0 Å². The number of hydrogen-bond acceptors (Lipinski definition) is 0. The Labute approximate surface area is 106 Å². The summed E-state index contributed by atoms with van der Waals surface area (Å²) in [6.45, 7) is -5.05. The molecule has 16 heavy (non-hydrogen) atoms. The van der Waals surface area contributed by atoms with Gasteiger partial charge in [0, 0.05) is 8.22 Å². The van der Waals surface area contributed by atoms with Gasteiger partial charge in [-0.3, -0.25) is 0 Å². The van der Waals surface area contributed by atoms with Gasteiger partial charge in [0.1, 0.15) is 0 Å². The van der Waals surface area contributed by atoms with Crippen molar-refractivity contribution in [3.05, 3.63) is 71.8 Å². The van der Waals surface area contributed by atoms with Gasteiger partial charge < -0.3 is 0 Å². The Hall–Kier alpha value is -1.82. The fraction of sp³-hybridized carbons (Fsp3) is 0.125. The molecule has 0 nitrogen and oxygen atoms in total. The Morgan fingerprint density at radius 2 is 1.06 bits per heavy atom. The molecule has 0 saturated carbocycles. The number of hydrogen-bond donors (Lipinski definition) is 0. The van der Waals surface area contributed by atoms with Crippen LogP contribution in [0.1, 0.15) is 33.1 Å². The van der Waals surface area contributed by atoms with Crippen LogP contribution in [0.5, 0.6) is 0 Å². The predicted molar refractivity (Wildman–Crippen MR) is 71.0 cm³/mol. The van der Waals surface area contributed by atoms with Gasteiger partial charge in [0.2, 0.25) is 0 Å². The largest absolute Gasteiger partial charge is 0.0622 e. The molecule has 0 aromatic heterocycles. The highest BCUT2D eigenvalue weighted by Crippen LogP contribution is 2.24. The number of rotatable bonds is 2. The zero-order valence-electron chi connectivity index (χ0n) is 14.8. The zero-order valence-corrected chi connectivity index (χ0v) is 8.77. The first-order valence-electron chi connectivity index (χ1n) is 8.07. The molecular weight excluding hydrogens is 192 g/mol. The molecule has 0 aliphatic heterocycles. The summed E-state index contributed by atoms with van der Waals surface area (Å²) < 4.78 is 46.9. The van der Waals surface area contributed by atoms with E-state index in [4.69, 9.17) is 8.22 Å². The van der Waals surface area contributed by atoms with Crippen LogP contribution in [0.15, 0.2) is 60.7 Å². The van der Waals surface area contributed by atoms with Crippen molar-refractivity contribution in [2.24, 2.45) is 0 Å². The molecule has 0 amide bonds. The minimum Gasteiger partial charge on any atom is -0.0622 e. The van der Waals surface area contributed by atoms with Gasteiger partial charge in [-0.15, -0.1) is 0 Å². The first kappa shape index (κ1) is 5.49. The molecule has 0 N–H and O–H groups in total. The van der Waals surface area contributed by atoms with Crippen LogP contribution in [0.3, 0.4) is 0 Å². The molecule has 0 fully saturated rings. The number of allylic oxidation sites excluding steroid dienone is 2. The van der Waals surface area contributed by atoms with Gasteiger partial charge in [-0.25, -0.2) is 0 Å². The Morgan fingerprint density at radius 3 is 1.38 bits per heavy atom. The van der Waals surface area contributed by atoms with Gasteiger partial charge >= 0.3 is 0 Å². The minimum absolute atomic E-state index is 0.126. The van der Waals surface area contributed by atoms with Crippen molar-refractivity contribution in [1.82, 2.24) is 0 Å². The van der Waals surface area contributed by atoms with Crippen molar-refractivity contribution in [3.8, 4) is 0 Å². The summed E-state index contributed by atoms with van der Waals surface area (Å²) in [6, 6.07) is 16.8. The fourth-order valence-electron chi connectivity index (χ4n) is 1.50. The normalized spacial score (nSPS) is 19.2. The molecular formula is C16H16. The topological polar surface area (TPSA) is 0 Å². The zero-order chi connectivity index (χ0) is 16.4. The third-order valence-corrected chi connectivity index (χ3v) is 2.37. The molecule has 0 heteroatoms. The molecule has 2 rings (SSSR count). The summed E-state index contributed by atoms with van der Waals surface area (Å²) in [7, 11) is 0. The molecule has 80 valence electrons. The van der Waals surface area contributed by atoms with E-state index in [-0.39, 0.29) is 11.1 Å². The summed E-state index contributed by atoms with van der Waals surface area (Å²) in [5.41, 5.74) is 0.550. The summed E-state index contributed by atoms with van der Waals surface area (Å²) >= 11 is 0.